The van der Waals surface area contributed by atoms with Crippen molar-refractivity contribution in [3.63, 3.8) is 0 Å². The van der Waals surface area contributed by atoms with Crippen LogP contribution in [0.3, 0.4) is 0 Å². The van der Waals surface area contributed by atoms with Crippen molar-refractivity contribution in [2.75, 3.05) is 0 Å². The molecule has 0 radical (unpaired) electrons. The van der Waals surface area contributed by atoms with E-state index < -0.39 is 0 Å². The van der Waals surface area contributed by atoms with Crippen molar-refractivity contribution in [3.8, 4) is 0 Å². The third-order valence-electron chi connectivity index (χ3n) is 5.35. The van der Waals surface area contributed by atoms with E-state index >= 15 is 0 Å². The quantitative estimate of drug-likeness (QED) is 0.700. The maximum atomic E-state index is 4.01. The third-order valence-corrected chi connectivity index (χ3v) is 5.35. The van der Waals surface area contributed by atoms with Crippen molar-refractivity contribution in [3.05, 3.63) is 0 Å². The van der Waals surface area contributed by atoms with E-state index in [1.165, 1.54) is 70.6 Å². The van der Waals surface area contributed by atoms with Gasteiger partial charge in [-0.3, -0.25) is 0 Å². The second-order valence-electron chi connectivity index (χ2n) is 6.89. The lowest BCUT2D eigenvalue weighted by atomic mass is 9.85. The highest BCUT2D eigenvalue weighted by atomic mass is 15.0. The molecule has 2 aliphatic carbocycles. The van der Waals surface area contributed by atoms with E-state index in [1.54, 1.807) is 0 Å². The van der Waals surface area contributed by atoms with Crippen LogP contribution in [-0.4, -0.2) is 12.1 Å². The largest absolute Gasteiger partial charge is 0.311 e. The van der Waals surface area contributed by atoms with Crippen LogP contribution in [0.5, 0.6) is 0 Å². The normalized spacial score (nSPS) is 38.3. The first-order valence-electron chi connectivity index (χ1n) is 8.55. The summed E-state index contributed by atoms with van der Waals surface area (Å²) in [5.74, 6) is 1.94. The van der Waals surface area contributed by atoms with Crippen molar-refractivity contribution < 1.29 is 0 Å². The van der Waals surface area contributed by atoms with Crippen LogP contribution < -0.4 is 5.32 Å². The van der Waals surface area contributed by atoms with Gasteiger partial charge in [0.25, 0.3) is 0 Å². The summed E-state index contributed by atoms with van der Waals surface area (Å²) in [5.41, 5.74) is 0. The molecule has 106 valence electrons. The van der Waals surface area contributed by atoms with Gasteiger partial charge < -0.3 is 5.32 Å². The molecule has 0 bridgehead atoms. The predicted molar refractivity (Wildman–Crippen MR) is 79.8 cm³/mol. The van der Waals surface area contributed by atoms with Crippen LogP contribution in [0, 0.1) is 11.8 Å². The molecule has 1 N–H and O–H groups in total. The monoisotopic (exact) mass is 251 g/mol. The van der Waals surface area contributed by atoms with Gasteiger partial charge in [0, 0.05) is 12.1 Å². The predicted octanol–water partition coefficient (Wildman–Crippen LogP) is 4.90. The standard InChI is InChI=1S/C17H33N/c1-3-7-15-9-6-10-16(13-12-15)18-17-11-5-4-8-14(17)2/h14-18H,3-13H2,1-2H3. The van der Waals surface area contributed by atoms with Crippen molar-refractivity contribution in [2.45, 2.75) is 96.6 Å². The van der Waals surface area contributed by atoms with E-state index in [2.05, 4.69) is 19.2 Å². The summed E-state index contributed by atoms with van der Waals surface area (Å²) in [5, 5.41) is 4.01. The van der Waals surface area contributed by atoms with Crippen LogP contribution in [0.2, 0.25) is 0 Å². The minimum atomic E-state index is 0.825. The van der Waals surface area contributed by atoms with Gasteiger partial charge in [-0.1, -0.05) is 52.4 Å². The zero-order chi connectivity index (χ0) is 12.8. The zero-order valence-corrected chi connectivity index (χ0v) is 12.6. The van der Waals surface area contributed by atoms with Crippen LogP contribution in [-0.2, 0) is 0 Å². The first-order valence-corrected chi connectivity index (χ1v) is 8.55. The van der Waals surface area contributed by atoms with Crippen molar-refractivity contribution >= 4 is 0 Å². The van der Waals surface area contributed by atoms with Gasteiger partial charge >= 0.3 is 0 Å². The molecule has 2 aliphatic rings. The molecule has 0 amide bonds. The Morgan fingerprint density at radius 2 is 1.72 bits per heavy atom. The minimum Gasteiger partial charge on any atom is -0.311 e. The van der Waals surface area contributed by atoms with E-state index in [-0.39, 0.29) is 0 Å². The Hall–Kier alpha value is -0.0400. The molecule has 0 aromatic rings. The molecule has 2 rings (SSSR count). The van der Waals surface area contributed by atoms with Gasteiger partial charge in [-0.25, -0.2) is 0 Å². The summed E-state index contributed by atoms with van der Waals surface area (Å²) in [6.07, 6.45) is 15.9. The van der Waals surface area contributed by atoms with Crippen LogP contribution in [0.1, 0.15) is 84.5 Å². The average Bonchev–Trinajstić information content (AvgIpc) is 2.59. The van der Waals surface area contributed by atoms with Gasteiger partial charge in [0.05, 0.1) is 0 Å². The summed E-state index contributed by atoms with van der Waals surface area (Å²) in [4.78, 5) is 0. The molecule has 4 unspecified atom stereocenters. The summed E-state index contributed by atoms with van der Waals surface area (Å²) in [6.45, 7) is 4.79. The van der Waals surface area contributed by atoms with Gasteiger partial charge in [0.15, 0.2) is 0 Å². The summed E-state index contributed by atoms with van der Waals surface area (Å²) < 4.78 is 0. The van der Waals surface area contributed by atoms with Crippen molar-refractivity contribution in [1.82, 2.24) is 5.32 Å². The molecule has 1 heteroatoms. The van der Waals surface area contributed by atoms with Gasteiger partial charge in [-0.2, -0.15) is 0 Å². The number of hydrogen-bond acceptors (Lipinski definition) is 1. The highest BCUT2D eigenvalue weighted by molar-refractivity contribution is 4.83. The summed E-state index contributed by atoms with van der Waals surface area (Å²) in [7, 11) is 0. The van der Waals surface area contributed by atoms with Gasteiger partial charge in [-0.15, -0.1) is 0 Å². The molecule has 2 fully saturated rings. The molecular formula is C17H33N. The molecule has 0 aliphatic heterocycles. The fourth-order valence-electron chi connectivity index (χ4n) is 4.11. The topological polar surface area (TPSA) is 12.0 Å². The van der Waals surface area contributed by atoms with Crippen LogP contribution in [0.15, 0.2) is 0 Å². The molecular weight excluding hydrogens is 218 g/mol. The van der Waals surface area contributed by atoms with Crippen LogP contribution in [0.4, 0.5) is 0 Å². The fourth-order valence-corrected chi connectivity index (χ4v) is 4.11. The fraction of sp³-hybridized carbons (Fsp3) is 1.00. The molecule has 0 aromatic carbocycles. The Labute approximate surface area is 114 Å². The molecule has 2 saturated carbocycles. The molecule has 0 saturated heterocycles. The molecule has 0 aromatic heterocycles. The lowest BCUT2D eigenvalue weighted by molar-refractivity contribution is 0.248. The Morgan fingerprint density at radius 1 is 0.889 bits per heavy atom. The Balaban J connectivity index is 1.75. The van der Waals surface area contributed by atoms with E-state index in [1.807, 2.05) is 0 Å². The first-order chi connectivity index (χ1) is 8.79. The second kappa shape index (κ2) is 7.53. The Kier molecular flexibility index (Phi) is 6.01. The lowest BCUT2D eigenvalue weighted by Gasteiger charge is -2.33. The van der Waals surface area contributed by atoms with Gasteiger partial charge in [0.2, 0.25) is 0 Å². The van der Waals surface area contributed by atoms with Gasteiger partial charge in [0.1, 0.15) is 0 Å². The molecule has 4 atom stereocenters. The molecule has 0 spiro atoms. The van der Waals surface area contributed by atoms with E-state index in [0.717, 1.165) is 23.9 Å². The Morgan fingerprint density at radius 3 is 2.50 bits per heavy atom. The maximum Gasteiger partial charge on any atom is 0.00952 e. The second-order valence-corrected chi connectivity index (χ2v) is 6.89. The number of hydrogen-bond donors (Lipinski definition) is 1. The van der Waals surface area contributed by atoms with Crippen molar-refractivity contribution in [1.29, 1.82) is 0 Å². The lowest BCUT2D eigenvalue weighted by Crippen LogP contribution is -2.43. The molecule has 0 heterocycles. The van der Waals surface area contributed by atoms with Crippen molar-refractivity contribution in [2.24, 2.45) is 11.8 Å². The minimum absolute atomic E-state index is 0.825. The smallest absolute Gasteiger partial charge is 0.00952 e. The van der Waals surface area contributed by atoms with E-state index in [4.69, 9.17) is 0 Å². The highest BCUT2D eigenvalue weighted by Crippen LogP contribution is 2.29. The molecule has 1 nitrogen and oxygen atoms in total. The summed E-state index contributed by atoms with van der Waals surface area (Å²) in [6, 6.07) is 1.66. The van der Waals surface area contributed by atoms with Crippen LogP contribution in [0.25, 0.3) is 0 Å². The van der Waals surface area contributed by atoms with E-state index in [0.29, 0.717) is 0 Å². The Bertz CT molecular complexity index is 226. The zero-order valence-electron chi connectivity index (χ0n) is 12.6. The number of rotatable bonds is 4. The summed E-state index contributed by atoms with van der Waals surface area (Å²) >= 11 is 0. The highest BCUT2D eigenvalue weighted by Gasteiger charge is 2.25. The van der Waals surface area contributed by atoms with Gasteiger partial charge in [-0.05, 0) is 43.9 Å². The van der Waals surface area contributed by atoms with E-state index in [9.17, 15) is 0 Å². The maximum absolute atomic E-state index is 4.01. The average molecular weight is 251 g/mol. The number of nitrogens with one attached hydrogen (secondary N) is 1. The molecule has 18 heavy (non-hydrogen) atoms. The SMILES string of the molecule is CCCC1CCCC(NC2CCCCC2C)CC1. The third kappa shape index (κ3) is 4.26. The first kappa shape index (κ1) is 14.4. The van der Waals surface area contributed by atoms with Crippen LogP contribution >= 0.6 is 0 Å².